The summed E-state index contributed by atoms with van der Waals surface area (Å²) in [6.45, 7) is 0. The van der Waals surface area contributed by atoms with Crippen molar-refractivity contribution in [1.29, 1.82) is 0 Å². The van der Waals surface area contributed by atoms with Crippen LogP contribution >= 0.6 is 15.9 Å². The molecule has 2 N–H and O–H groups in total. The van der Waals surface area contributed by atoms with Crippen molar-refractivity contribution in [3.05, 3.63) is 124 Å². The van der Waals surface area contributed by atoms with Crippen LogP contribution in [-0.4, -0.2) is 28.5 Å². The molecule has 8 rings (SSSR count). The number of Topliss-reactive ketones (excluding diaryl/α,β-unsaturated/α-hetero) is 1. The highest BCUT2D eigenvalue weighted by Crippen LogP contribution is 2.55. The Balaban J connectivity index is 1.15. The lowest BCUT2D eigenvalue weighted by molar-refractivity contribution is -0.123. The van der Waals surface area contributed by atoms with E-state index in [1.54, 1.807) is 36.6 Å². The minimum Gasteiger partial charge on any atom is -0.508 e. The number of hydrogen-bond donors (Lipinski definition) is 2. The highest BCUT2D eigenvalue weighted by atomic mass is 79.9. The lowest BCUT2D eigenvalue weighted by Crippen LogP contribution is -2.41. The lowest BCUT2D eigenvalue weighted by atomic mass is 9.59. The number of imide groups is 1. The molecule has 5 aliphatic rings. The van der Waals surface area contributed by atoms with Crippen LogP contribution in [0.4, 0.5) is 17.1 Å². The molecule has 3 aromatic rings. The van der Waals surface area contributed by atoms with E-state index in [4.69, 9.17) is 4.74 Å². The summed E-state index contributed by atoms with van der Waals surface area (Å²) in [7, 11) is 0. The molecule has 0 saturated carbocycles. The zero-order valence-electron chi connectivity index (χ0n) is 24.4. The van der Waals surface area contributed by atoms with E-state index >= 15 is 0 Å². The van der Waals surface area contributed by atoms with Gasteiger partial charge in [-0.2, -0.15) is 0 Å². The van der Waals surface area contributed by atoms with Crippen molar-refractivity contribution in [2.24, 2.45) is 23.7 Å². The number of anilines is 3. The number of ether oxygens (including phenoxy) is 1. The standard InChI is InChI=1S/C37H27BrN2O6/c38-29-17-30(42)34-28(35(29)43)16-27-25(32(34)20-14-19-15-24(41)10-13-31(19)46-18-20)11-12-26-33(27)37(45)40(36(26)44)23-8-6-22(7-9-23)39-21-4-2-1-3-5-21/h1-11,13,15,17-18,26-27,32-33,39,41H,12,14,16H2/t26-,27+,32-,33-/m0/s1. The fourth-order valence-electron chi connectivity index (χ4n) is 7.65. The van der Waals surface area contributed by atoms with E-state index in [-0.39, 0.29) is 40.0 Å². The Labute approximate surface area is 272 Å². The fourth-order valence-corrected chi connectivity index (χ4v) is 8.10. The average molecular weight is 676 g/mol. The van der Waals surface area contributed by atoms with E-state index in [9.17, 15) is 24.3 Å². The first-order valence-corrected chi connectivity index (χ1v) is 15.9. The van der Waals surface area contributed by atoms with Gasteiger partial charge in [-0.25, -0.2) is 0 Å². The molecule has 46 heavy (non-hydrogen) atoms. The molecule has 3 aromatic carbocycles. The van der Waals surface area contributed by atoms with Crippen LogP contribution in [0.3, 0.4) is 0 Å². The highest BCUT2D eigenvalue weighted by Gasteiger charge is 2.57. The van der Waals surface area contributed by atoms with Crippen LogP contribution in [-0.2, 0) is 25.6 Å². The van der Waals surface area contributed by atoms with E-state index in [2.05, 4.69) is 21.2 Å². The number of carbonyl (C=O) groups excluding carboxylic acids is 4. The molecule has 4 atom stereocenters. The van der Waals surface area contributed by atoms with Crippen LogP contribution < -0.4 is 15.0 Å². The molecular weight excluding hydrogens is 648 g/mol. The third-order valence-electron chi connectivity index (χ3n) is 9.67. The van der Waals surface area contributed by atoms with Gasteiger partial charge in [0.05, 0.1) is 28.3 Å². The molecule has 0 radical (unpaired) electrons. The predicted molar refractivity (Wildman–Crippen MR) is 175 cm³/mol. The average Bonchev–Trinajstić information content (AvgIpc) is 3.32. The highest BCUT2D eigenvalue weighted by molar-refractivity contribution is 9.12. The van der Waals surface area contributed by atoms with Gasteiger partial charge in [0.15, 0.2) is 11.6 Å². The van der Waals surface area contributed by atoms with Gasteiger partial charge in [-0.05, 0) is 94.9 Å². The molecule has 9 heteroatoms. The number of aromatic hydroxyl groups is 1. The predicted octanol–water partition coefficient (Wildman–Crippen LogP) is 6.45. The summed E-state index contributed by atoms with van der Waals surface area (Å²) < 4.78 is 6.13. The lowest BCUT2D eigenvalue weighted by Gasteiger charge is -2.43. The summed E-state index contributed by atoms with van der Waals surface area (Å²) in [5.41, 5.74) is 5.36. The molecule has 8 nitrogen and oxygen atoms in total. The van der Waals surface area contributed by atoms with Gasteiger partial charge in [-0.3, -0.25) is 24.1 Å². The quantitative estimate of drug-likeness (QED) is 0.186. The second-order valence-electron chi connectivity index (χ2n) is 12.2. The minimum absolute atomic E-state index is 0.0968. The topological polar surface area (TPSA) is 113 Å². The third kappa shape index (κ3) is 4.48. The Morgan fingerprint density at radius 2 is 1.65 bits per heavy atom. The molecule has 3 aliphatic carbocycles. The number of nitrogens with one attached hydrogen (secondary N) is 1. The Bertz CT molecular complexity index is 1990. The van der Waals surface area contributed by atoms with Crippen molar-refractivity contribution < 1.29 is 29.0 Å². The molecule has 0 spiro atoms. The van der Waals surface area contributed by atoms with Crippen LogP contribution in [0.25, 0.3) is 0 Å². The summed E-state index contributed by atoms with van der Waals surface area (Å²) in [5.74, 6) is -2.72. The van der Waals surface area contributed by atoms with Gasteiger partial charge in [0.1, 0.15) is 11.5 Å². The van der Waals surface area contributed by atoms with Crippen LogP contribution in [0, 0.1) is 23.7 Å². The molecule has 2 aliphatic heterocycles. The molecule has 2 heterocycles. The van der Waals surface area contributed by atoms with Crippen LogP contribution in [0.15, 0.2) is 118 Å². The van der Waals surface area contributed by atoms with Crippen molar-refractivity contribution in [3.63, 3.8) is 0 Å². The third-order valence-corrected chi connectivity index (χ3v) is 10.3. The fraction of sp³-hybridized carbons (Fsp3) is 0.189. The molecule has 2 amide bonds. The Kier molecular flexibility index (Phi) is 6.68. The number of hydrogen-bond acceptors (Lipinski definition) is 7. The number of halogens is 1. The zero-order valence-corrected chi connectivity index (χ0v) is 26.0. The molecule has 0 bridgehead atoms. The number of ketones is 2. The molecule has 1 fully saturated rings. The van der Waals surface area contributed by atoms with Crippen molar-refractivity contribution >= 4 is 56.4 Å². The van der Waals surface area contributed by atoms with E-state index in [1.165, 1.54) is 11.0 Å². The number of nitrogens with zero attached hydrogens (tertiary/aromatic N) is 1. The summed E-state index contributed by atoms with van der Waals surface area (Å²) in [5, 5.41) is 13.5. The summed E-state index contributed by atoms with van der Waals surface area (Å²) in [6.07, 6.45) is 5.84. The number of phenolic OH excluding ortho intramolecular Hbond substituents is 1. The Morgan fingerprint density at radius 3 is 2.43 bits per heavy atom. The number of amides is 2. The maximum absolute atomic E-state index is 14.2. The van der Waals surface area contributed by atoms with E-state index in [1.807, 2.05) is 48.5 Å². The minimum atomic E-state index is -0.680. The first kappa shape index (κ1) is 28.5. The molecule has 1 saturated heterocycles. The Morgan fingerprint density at radius 1 is 0.891 bits per heavy atom. The van der Waals surface area contributed by atoms with Gasteiger partial charge in [0, 0.05) is 46.5 Å². The van der Waals surface area contributed by atoms with Gasteiger partial charge in [0.2, 0.25) is 11.8 Å². The molecule has 0 unspecified atom stereocenters. The zero-order chi connectivity index (χ0) is 31.7. The molecule has 0 aromatic heterocycles. The van der Waals surface area contributed by atoms with Crippen LogP contribution in [0.5, 0.6) is 11.5 Å². The van der Waals surface area contributed by atoms with Crippen LogP contribution in [0.1, 0.15) is 18.4 Å². The van der Waals surface area contributed by atoms with E-state index in [0.717, 1.165) is 28.1 Å². The largest absolute Gasteiger partial charge is 0.508 e. The number of rotatable bonds is 4. The summed E-state index contributed by atoms with van der Waals surface area (Å²) in [6, 6.07) is 21.8. The Hall–Kier alpha value is -5.02. The number of allylic oxidation sites excluding steroid dienone is 7. The van der Waals surface area contributed by atoms with Crippen LogP contribution in [0.2, 0.25) is 0 Å². The maximum atomic E-state index is 14.2. The summed E-state index contributed by atoms with van der Waals surface area (Å²) in [4.78, 5) is 56.5. The van der Waals surface area contributed by atoms with Crippen molar-refractivity contribution in [2.45, 2.75) is 19.3 Å². The second-order valence-corrected chi connectivity index (χ2v) is 13.1. The van der Waals surface area contributed by atoms with Crippen molar-refractivity contribution in [1.82, 2.24) is 0 Å². The van der Waals surface area contributed by atoms with E-state index < -0.39 is 23.7 Å². The monoisotopic (exact) mass is 674 g/mol. The number of benzene rings is 3. The smallest absolute Gasteiger partial charge is 0.238 e. The maximum Gasteiger partial charge on any atom is 0.238 e. The number of fused-ring (bicyclic) bond motifs is 4. The molecular formula is C37H27BrN2O6. The second kappa shape index (κ2) is 10.8. The van der Waals surface area contributed by atoms with Gasteiger partial charge >= 0.3 is 0 Å². The normalized spacial score (nSPS) is 25.1. The number of carbonyl (C=O) groups is 4. The van der Waals surface area contributed by atoms with E-state index in [0.29, 0.717) is 35.4 Å². The van der Waals surface area contributed by atoms with Crippen molar-refractivity contribution in [3.8, 4) is 11.5 Å². The van der Waals surface area contributed by atoms with Gasteiger partial charge in [-0.1, -0.05) is 29.8 Å². The van der Waals surface area contributed by atoms with Gasteiger partial charge in [0.25, 0.3) is 0 Å². The first-order valence-electron chi connectivity index (χ1n) is 15.1. The first-order chi connectivity index (χ1) is 22.3. The van der Waals surface area contributed by atoms with Gasteiger partial charge in [-0.15, -0.1) is 0 Å². The molecule has 228 valence electrons. The van der Waals surface area contributed by atoms with Crippen molar-refractivity contribution in [2.75, 3.05) is 10.2 Å². The number of para-hydroxylation sites is 1. The summed E-state index contributed by atoms with van der Waals surface area (Å²) >= 11 is 3.27. The number of phenols is 1. The SMILES string of the molecule is O=C1C=C(Br)C(=O)C2=C1[C@@H](C1=COc3ccc(O)cc3C1)C1=CC[C@@H]3C(=O)N(c4ccc(Nc5ccccc5)cc4)C(=O)[C@@H]3[C@@H]1C2. The van der Waals surface area contributed by atoms with Gasteiger partial charge < -0.3 is 15.2 Å².